The zero-order chi connectivity index (χ0) is 13.1. The largest absolute Gasteiger partial charge is 0.399 e. The van der Waals surface area contributed by atoms with Crippen LogP contribution in [-0.4, -0.2) is 37.0 Å². The van der Waals surface area contributed by atoms with Gasteiger partial charge in [-0.15, -0.1) is 0 Å². The quantitative estimate of drug-likeness (QED) is 0.807. The molecule has 1 aliphatic rings. The number of nitrogens with zero attached hydrogens (tertiary/aromatic N) is 2. The number of benzene rings is 1. The highest BCUT2D eigenvalue weighted by molar-refractivity contribution is 5.78. The van der Waals surface area contributed by atoms with Gasteiger partial charge in [-0.05, 0) is 24.3 Å². The van der Waals surface area contributed by atoms with Crippen molar-refractivity contribution in [3.05, 3.63) is 24.3 Å². The lowest BCUT2D eigenvalue weighted by molar-refractivity contribution is -0.134. The molecule has 2 N–H and O–H groups in total. The van der Waals surface area contributed by atoms with Crippen LogP contribution in [-0.2, 0) is 4.79 Å². The zero-order valence-electron chi connectivity index (χ0n) is 11.1. The lowest BCUT2D eigenvalue weighted by Crippen LogP contribution is -2.49. The van der Waals surface area contributed by atoms with Crippen LogP contribution in [0.5, 0.6) is 0 Å². The van der Waals surface area contributed by atoms with E-state index in [4.69, 9.17) is 5.73 Å². The maximum absolute atomic E-state index is 11.9. The number of carbonyl (C=O) groups excluding carboxylic acids is 1. The summed E-state index contributed by atoms with van der Waals surface area (Å²) in [6, 6.07) is 7.91. The number of amides is 1. The van der Waals surface area contributed by atoms with Crippen molar-refractivity contribution in [2.75, 3.05) is 36.8 Å². The Balaban J connectivity index is 1.94. The fourth-order valence-corrected chi connectivity index (χ4v) is 2.24. The Kier molecular flexibility index (Phi) is 3.75. The van der Waals surface area contributed by atoms with Crippen LogP contribution in [0.4, 0.5) is 11.4 Å². The minimum Gasteiger partial charge on any atom is -0.399 e. The van der Waals surface area contributed by atoms with Gasteiger partial charge in [-0.1, -0.05) is 13.8 Å². The molecular formula is C14H21N3O. The van der Waals surface area contributed by atoms with Crippen LogP contribution < -0.4 is 10.6 Å². The number of carbonyl (C=O) groups is 1. The molecular weight excluding hydrogens is 226 g/mol. The Labute approximate surface area is 108 Å². The third-order valence-electron chi connectivity index (χ3n) is 3.34. The Morgan fingerprint density at radius 3 is 2.17 bits per heavy atom. The summed E-state index contributed by atoms with van der Waals surface area (Å²) < 4.78 is 0. The molecule has 1 aromatic carbocycles. The van der Waals surface area contributed by atoms with Crippen molar-refractivity contribution in [2.24, 2.45) is 5.92 Å². The van der Waals surface area contributed by atoms with Gasteiger partial charge in [0.2, 0.25) is 5.91 Å². The zero-order valence-corrected chi connectivity index (χ0v) is 11.1. The van der Waals surface area contributed by atoms with E-state index in [9.17, 15) is 4.79 Å². The first-order valence-electron chi connectivity index (χ1n) is 6.47. The Morgan fingerprint density at radius 1 is 1.11 bits per heavy atom. The van der Waals surface area contributed by atoms with E-state index in [0.29, 0.717) is 0 Å². The number of hydrogen-bond acceptors (Lipinski definition) is 3. The van der Waals surface area contributed by atoms with Gasteiger partial charge < -0.3 is 15.5 Å². The number of rotatable bonds is 2. The van der Waals surface area contributed by atoms with Gasteiger partial charge in [0.05, 0.1) is 0 Å². The van der Waals surface area contributed by atoms with E-state index >= 15 is 0 Å². The van der Waals surface area contributed by atoms with Gasteiger partial charge >= 0.3 is 0 Å². The molecule has 18 heavy (non-hydrogen) atoms. The van der Waals surface area contributed by atoms with Crippen molar-refractivity contribution in [2.45, 2.75) is 13.8 Å². The minimum absolute atomic E-state index is 0.0908. The Morgan fingerprint density at radius 2 is 1.67 bits per heavy atom. The predicted octanol–water partition coefficient (Wildman–Crippen LogP) is 1.57. The summed E-state index contributed by atoms with van der Waals surface area (Å²) in [5, 5.41) is 0. The molecule has 0 saturated carbocycles. The van der Waals surface area contributed by atoms with Crippen molar-refractivity contribution < 1.29 is 4.79 Å². The second kappa shape index (κ2) is 5.29. The lowest BCUT2D eigenvalue weighted by atomic mass is 10.1. The van der Waals surface area contributed by atoms with Crippen LogP contribution in [0.2, 0.25) is 0 Å². The molecule has 1 aliphatic heterocycles. The van der Waals surface area contributed by atoms with Gasteiger partial charge in [-0.3, -0.25) is 4.79 Å². The van der Waals surface area contributed by atoms with Crippen LogP contribution in [0, 0.1) is 5.92 Å². The van der Waals surface area contributed by atoms with Crippen LogP contribution in [0.1, 0.15) is 13.8 Å². The monoisotopic (exact) mass is 247 g/mol. The molecule has 98 valence electrons. The summed E-state index contributed by atoms with van der Waals surface area (Å²) in [6.07, 6.45) is 0. The first-order valence-corrected chi connectivity index (χ1v) is 6.47. The van der Waals surface area contributed by atoms with E-state index in [1.165, 1.54) is 5.69 Å². The summed E-state index contributed by atoms with van der Waals surface area (Å²) in [6.45, 7) is 7.30. The number of nitrogens with two attached hydrogens (primary N) is 1. The Bertz CT molecular complexity index is 406. The second-order valence-electron chi connectivity index (χ2n) is 5.06. The van der Waals surface area contributed by atoms with Crippen molar-refractivity contribution in [1.29, 1.82) is 0 Å². The summed E-state index contributed by atoms with van der Waals surface area (Å²) in [7, 11) is 0. The highest BCUT2D eigenvalue weighted by atomic mass is 16.2. The molecule has 0 bridgehead atoms. The lowest BCUT2D eigenvalue weighted by Gasteiger charge is -2.36. The number of nitrogen functional groups attached to an aromatic ring is 1. The van der Waals surface area contributed by atoms with E-state index in [0.717, 1.165) is 31.9 Å². The maximum Gasteiger partial charge on any atom is 0.225 e. The van der Waals surface area contributed by atoms with Gasteiger partial charge in [-0.25, -0.2) is 0 Å². The molecule has 1 heterocycles. The van der Waals surface area contributed by atoms with E-state index in [1.54, 1.807) is 0 Å². The Hall–Kier alpha value is -1.71. The summed E-state index contributed by atoms with van der Waals surface area (Å²) >= 11 is 0. The number of anilines is 2. The van der Waals surface area contributed by atoms with Crippen LogP contribution in [0.25, 0.3) is 0 Å². The van der Waals surface area contributed by atoms with Gasteiger partial charge in [0.25, 0.3) is 0 Å². The molecule has 4 heteroatoms. The smallest absolute Gasteiger partial charge is 0.225 e. The molecule has 1 saturated heterocycles. The highest BCUT2D eigenvalue weighted by Crippen LogP contribution is 2.18. The standard InChI is InChI=1S/C14H21N3O/c1-11(2)14(18)17-9-7-16(8-10-17)13-5-3-12(15)4-6-13/h3-6,11H,7-10,15H2,1-2H3. The third kappa shape index (κ3) is 2.75. The highest BCUT2D eigenvalue weighted by Gasteiger charge is 2.22. The van der Waals surface area contributed by atoms with Crippen LogP contribution in [0.3, 0.4) is 0 Å². The summed E-state index contributed by atoms with van der Waals surface area (Å²) in [5.41, 5.74) is 7.65. The van der Waals surface area contributed by atoms with Crippen molar-refractivity contribution in [3.8, 4) is 0 Å². The molecule has 4 nitrogen and oxygen atoms in total. The molecule has 0 unspecified atom stereocenters. The normalized spacial score (nSPS) is 16.2. The molecule has 1 fully saturated rings. The van der Waals surface area contributed by atoms with E-state index in [2.05, 4.69) is 4.90 Å². The van der Waals surface area contributed by atoms with Gasteiger partial charge in [0.15, 0.2) is 0 Å². The molecule has 2 rings (SSSR count). The summed E-state index contributed by atoms with van der Waals surface area (Å²) in [5.74, 6) is 0.347. The van der Waals surface area contributed by atoms with E-state index in [-0.39, 0.29) is 11.8 Å². The molecule has 0 atom stereocenters. The molecule has 0 aromatic heterocycles. The first-order chi connectivity index (χ1) is 8.58. The fraction of sp³-hybridized carbons (Fsp3) is 0.500. The van der Waals surface area contributed by atoms with Crippen molar-refractivity contribution >= 4 is 17.3 Å². The molecule has 1 amide bonds. The fourth-order valence-electron chi connectivity index (χ4n) is 2.24. The molecule has 1 aromatic rings. The topological polar surface area (TPSA) is 49.6 Å². The van der Waals surface area contributed by atoms with Crippen molar-refractivity contribution in [3.63, 3.8) is 0 Å². The first kappa shape index (κ1) is 12.7. The molecule has 0 aliphatic carbocycles. The van der Waals surface area contributed by atoms with E-state index in [1.807, 2.05) is 43.0 Å². The van der Waals surface area contributed by atoms with Gasteiger partial charge in [0.1, 0.15) is 0 Å². The SMILES string of the molecule is CC(C)C(=O)N1CCN(c2ccc(N)cc2)CC1. The van der Waals surface area contributed by atoms with Gasteiger partial charge in [0, 0.05) is 43.5 Å². The minimum atomic E-state index is 0.0908. The average Bonchev–Trinajstić information content (AvgIpc) is 2.39. The molecule has 0 radical (unpaired) electrons. The van der Waals surface area contributed by atoms with E-state index < -0.39 is 0 Å². The van der Waals surface area contributed by atoms with Crippen molar-refractivity contribution in [1.82, 2.24) is 4.90 Å². The van der Waals surface area contributed by atoms with Gasteiger partial charge in [-0.2, -0.15) is 0 Å². The summed E-state index contributed by atoms with van der Waals surface area (Å²) in [4.78, 5) is 16.1. The predicted molar refractivity (Wildman–Crippen MR) is 74.5 cm³/mol. The molecule has 0 spiro atoms. The second-order valence-corrected chi connectivity index (χ2v) is 5.06. The van der Waals surface area contributed by atoms with Crippen LogP contribution >= 0.6 is 0 Å². The van der Waals surface area contributed by atoms with Crippen LogP contribution in [0.15, 0.2) is 24.3 Å². The number of hydrogen-bond donors (Lipinski definition) is 1. The average molecular weight is 247 g/mol. The number of piperazine rings is 1. The third-order valence-corrected chi connectivity index (χ3v) is 3.34. The maximum atomic E-state index is 11.9.